The smallest absolute Gasteiger partial charge is 0.0577 e. The van der Waals surface area contributed by atoms with Crippen molar-refractivity contribution in [3.05, 3.63) is 69.7 Å². The molecule has 0 saturated carbocycles. The highest BCUT2D eigenvalue weighted by Crippen LogP contribution is 2.27. The van der Waals surface area contributed by atoms with Gasteiger partial charge in [-0.3, -0.25) is 0 Å². The van der Waals surface area contributed by atoms with Gasteiger partial charge in [-0.1, -0.05) is 48.9 Å². The minimum Gasteiger partial charge on any atom is -0.309 e. The van der Waals surface area contributed by atoms with E-state index in [9.17, 15) is 0 Å². The maximum absolute atomic E-state index is 6.13. The van der Waals surface area contributed by atoms with Gasteiger partial charge in [0.2, 0.25) is 0 Å². The highest BCUT2D eigenvalue weighted by Gasteiger charge is 2.14. The van der Waals surface area contributed by atoms with Crippen LogP contribution in [0, 0.1) is 6.92 Å². The van der Waals surface area contributed by atoms with Gasteiger partial charge in [0.15, 0.2) is 0 Å². The summed E-state index contributed by atoms with van der Waals surface area (Å²) in [5.74, 6) is 0. The van der Waals surface area contributed by atoms with Crippen molar-refractivity contribution in [3.8, 4) is 0 Å². The predicted octanol–water partition coefficient (Wildman–Crippen LogP) is 4.52. The molecule has 2 aromatic carbocycles. The first-order chi connectivity index (χ1) is 9.15. The molecule has 0 saturated heterocycles. The number of aryl methyl sites for hydroxylation is 2. The van der Waals surface area contributed by atoms with E-state index in [0.717, 1.165) is 11.4 Å². The van der Waals surface area contributed by atoms with Crippen LogP contribution in [0.5, 0.6) is 0 Å². The molecule has 2 rings (SSSR count). The lowest BCUT2D eigenvalue weighted by Gasteiger charge is -2.20. The van der Waals surface area contributed by atoms with Gasteiger partial charge in [-0.25, -0.2) is 0 Å². The number of hydrogen-bond donors (Lipinski definition) is 1. The molecule has 0 aromatic heterocycles. The molecule has 2 aromatic rings. The highest BCUT2D eigenvalue weighted by atomic mass is 35.5. The molecule has 0 heterocycles. The van der Waals surface area contributed by atoms with Gasteiger partial charge in [0, 0.05) is 5.02 Å². The van der Waals surface area contributed by atoms with Crippen LogP contribution in [0.1, 0.15) is 35.2 Å². The number of hydrogen-bond acceptors (Lipinski definition) is 1. The third-order valence-corrected chi connectivity index (χ3v) is 3.80. The zero-order valence-electron chi connectivity index (χ0n) is 11.7. The van der Waals surface area contributed by atoms with Crippen LogP contribution in [0.15, 0.2) is 42.5 Å². The van der Waals surface area contributed by atoms with Gasteiger partial charge in [-0.2, -0.15) is 0 Å². The van der Waals surface area contributed by atoms with E-state index >= 15 is 0 Å². The maximum atomic E-state index is 6.13. The molecule has 2 heteroatoms. The summed E-state index contributed by atoms with van der Waals surface area (Å²) in [6.45, 7) is 4.29. The summed E-state index contributed by atoms with van der Waals surface area (Å²) in [6.07, 6.45) is 1.07. The summed E-state index contributed by atoms with van der Waals surface area (Å²) in [5.41, 5.74) is 5.12. The monoisotopic (exact) mass is 273 g/mol. The van der Waals surface area contributed by atoms with E-state index in [1.807, 2.05) is 19.2 Å². The standard InChI is InChI=1S/C17H20ClN/c1-4-13-6-8-14(9-7-13)17(19-3)16-11-15(18)10-5-12(16)2/h5-11,17,19H,4H2,1-3H3. The Bertz CT molecular complexity index is 546. The third-order valence-electron chi connectivity index (χ3n) is 3.56. The molecular formula is C17H20ClN. The fraction of sp³-hybridized carbons (Fsp3) is 0.294. The normalized spacial score (nSPS) is 12.4. The van der Waals surface area contributed by atoms with E-state index in [2.05, 4.69) is 49.5 Å². The van der Waals surface area contributed by atoms with Crippen molar-refractivity contribution in [1.29, 1.82) is 0 Å². The van der Waals surface area contributed by atoms with E-state index < -0.39 is 0 Å². The van der Waals surface area contributed by atoms with Crippen molar-refractivity contribution < 1.29 is 0 Å². The summed E-state index contributed by atoms with van der Waals surface area (Å²) in [6, 6.07) is 15.0. The fourth-order valence-corrected chi connectivity index (χ4v) is 2.55. The van der Waals surface area contributed by atoms with Crippen LogP contribution in [-0.2, 0) is 6.42 Å². The second kappa shape index (κ2) is 6.23. The van der Waals surface area contributed by atoms with Gasteiger partial charge in [-0.15, -0.1) is 0 Å². The average Bonchev–Trinajstić information content (AvgIpc) is 2.44. The molecule has 0 aliphatic rings. The van der Waals surface area contributed by atoms with E-state index in [1.54, 1.807) is 0 Å². The first-order valence-electron chi connectivity index (χ1n) is 6.68. The minimum absolute atomic E-state index is 0.185. The van der Waals surface area contributed by atoms with E-state index in [0.29, 0.717) is 0 Å². The second-order valence-electron chi connectivity index (χ2n) is 4.82. The molecule has 0 amide bonds. The Kier molecular flexibility index (Phi) is 4.62. The van der Waals surface area contributed by atoms with Gasteiger partial charge >= 0.3 is 0 Å². The van der Waals surface area contributed by atoms with Gasteiger partial charge in [0.1, 0.15) is 0 Å². The minimum atomic E-state index is 0.185. The van der Waals surface area contributed by atoms with Crippen molar-refractivity contribution in [1.82, 2.24) is 5.32 Å². The Morgan fingerprint density at radius 3 is 2.37 bits per heavy atom. The van der Waals surface area contributed by atoms with Crippen LogP contribution in [0.2, 0.25) is 5.02 Å². The Morgan fingerprint density at radius 2 is 1.79 bits per heavy atom. The molecule has 0 fully saturated rings. The molecule has 1 unspecified atom stereocenters. The quantitative estimate of drug-likeness (QED) is 0.864. The van der Waals surface area contributed by atoms with Crippen LogP contribution >= 0.6 is 11.6 Å². The summed E-state index contributed by atoms with van der Waals surface area (Å²) in [5, 5.41) is 4.16. The molecule has 1 nitrogen and oxygen atoms in total. The van der Waals surface area contributed by atoms with E-state index in [1.165, 1.54) is 22.3 Å². The largest absolute Gasteiger partial charge is 0.309 e. The second-order valence-corrected chi connectivity index (χ2v) is 5.25. The number of halogens is 1. The SMILES string of the molecule is CCc1ccc(C(NC)c2cc(Cl)ccc2C)cc1. The first kappa shape index (κ1) is 14.1. The van der Waals surface area contributed by atoms with Crippen LogP contribution in [0.25, 0.3) is 0 Å². The Balaban J connectivity index is 2.40. The first-order valence-corrected chi connectivity index (χ1v) is 7.05. The molecule has 0 aliphatic carbocycles. The van der Waals surface area contributed by atoms with Gasteiger partial charge < -0.3 is 5.32 Å². The molecule has 19 heavy (non-hydrogen) atoms. The zero-order chi connectivity index (χ0) is 13.8. The van der Waals surface area contributed by atoms with Gasteiger partial charge in [-0.05, 0) is 54.8 Å². The third kappa shape index (κ3) is 3.17. The predicted molar refractivity (Wildman–Crippen MR) is 82.9 cm³/mol. The van der Waals surface area contributed by atoms with Crippen molar-refractivity contribution in [2.24, 2.45) is 0 Å². The van der Waals surface area contributed by atoms with Gasteiger partial charge in [0.25, 0.3) is 0 Å². The van der Waals surface area contributed by atoms with Crippen LogP contribution in [0.4, 0.5) is 0 Å². The Hall–Kier alpha value is -1.31. The molecule has 0 radical (unpaired) electrons. The van der Waals surface area contributed by atoms with Crippen molar-refractivity contribution in [3.63, 3.8) is 0 Å². The lowest BCUT2D eigenvalue weighted by molar-refractivity contribution is 0.687. The molecule has 0 aliphatic heterocycles. The topological polar surface area (TPSA) is 12.0 Å². The van der Waals surface area contributed by atoms with Crippen LogP contribution in [0.3, 0.4) is 0 Å². The lowest BCUT2D eigenvalue weighted by Crippen LogP contribution is -2.18. The highest BCUT2D eigenvalue weighted by molar-refractivity contribution is 6.30. The fourth-order valence-electron chi connectivity index (χ4n) is 2.37. The molecule has 0 bridgehead atoms. The molecular weight excluding hydrogens is 254 g/mol. The maximum Gasteiger partial charge on any atom is 0.0577 e. The Labute approximate surface area is 120 Å². The van der Waals surface area contributed by atoms with Gasteiger partial charge in [0.05, 0.1) is 6.04 Å². The zero-order valence-corrected chi connectivity index (χ0v) is 12.5. The summed E-state index contributed by atoms with van der Waals surface area (Å²) < 4.78 is 0. The summed E-state index contributed by atoms with van der Waals surface area (Å²) in [4.78, 5) is 0. The van der Waals surface area contributed by atoms with Crippen molar-refractivity contribution in [2.75, 3.05) is 7.05 Å². The number of nitrogens with one attached hydrogen (secondary N) is 1. The van der Waals surface area contributed by atoms with E-state index in [4.69, 9.17) is 11.6 Å². The summed E-state index contributed by atoms with van der Waals surface area (Å²) in [7, 11) is 1.98. The van der Waals surface area contributed by atoms with Crippen molar-refractivity contribution >= 4 is 11.6 Å². The van der Waals surface area contributed by atoms with Crippen LogP contribution in [-0.4, -0.2) is 7.05 Å². The molecule has 1 N–H and O–H groups in total. The molecule has 0 spiro atoms. The summed E-state index contributed by atoms with van der Waals surface area (Å²) >= 11 is 6.13. The number of benzene rings is 2. The molecule has 1 atom stereocenters. The lowest BCUT2D eigenvalue weighted by atomic mass is 9.94. The Morgan fingerprint density at radius 1 is 1.11 bits per heavy atom. The average molecular weight is 274 g/mol. The van der Waals surface area contributed by atoms with Crippen molar-refractivity contribution in [2.45, 2.75) is 26.3 Å². The number of rotatable bonds is 4. The van der Waals surface area contributed by atoms with Crippen LogP contribution < -0.4 is 5.32 Å². The molecule has 100 valence electrons. The van der Waals surface area contributed by atoms with E-state index in [-0.39, 0.29) is 6.04 Å².